The van der Waals surface area contributed by atoms with E-state index in [2.05, 4.69) is 4.98 Å². The second-order valence-electron chi connectivity index (χ2n) is 8.06. The topological polar surface area (TPSA) is 53.4 Å². The average molecular weight is 388 g/mol. The van der Waals surface area contributed by atoms with E-state index in [1.165, 1.54) is 0 Å². The van der Waals surface area contributed by atoms with Crippen LogP contribution in [-0.2, 0) is 11.3 Å². The van der Waals surface area contributed by atoms with Crippen LogP contribution >= 0.6 is 0 Å². The second-order valence-corrected chi connectivity index (χ2v) is 8.06. The van der Waals surface area contributed by atoms with Gasteiger partial charge < -0.3 is 9.47 Å². The van der Waals surface area contributed by atoms with Crippen LogP contribution in [0.1, 0.15) is 32.0 Å². The summed E-state index contributed by atoms with van der Waals surface area (Å²) in [6, 6.07) is 17.7. The van der Waals surface area contributed by atoms with Crippen molar-refractivity contribution in [3.63, 3.8) is 0 Å². The maximum atomic E-state index is 13.1. The fourth-order valence-corrected chi connectivity index (χ4v) is 3.43. The Morgan fingerprint density at radius 2 is 1.79 bits per heavy atom. The van der Waals surface area contributed by atoms with Gasteiger partial charge in [0.2, 0.25) is 0 Å². The Labute approximate surface area is 169 Å². The van der Waals surface area contributed by atoms with Crippen LogP contribution in [0.25, 0.3) is 21.8 Å². The van der Waals surface area contributed by atoms with Gasteiger partial charge in [0.15, 0.2) is 0 Å². The SMILES string of the molecule is Cc1nccc2c3ccc(OCc4ccccc4)cc3n(C(=O)OC(C)(C)C)c12. The first-order valence-electron chi connectivity index (χ1n) is 9.63. The minimum Gasteiger partial charge on any atom is -0.489 e. The molecule has 4 rings (SSSR count). The van der Waals surface area contributed by atoms with Gasteiger partial charge in [-0.3, -0.25) is 4.98 Å². The summed E-state index contributed by atoms with van der Waals surface area (Å²) in [7, 11) is 0. The lowest BCUT2D eigenvalue weighted by Gasteiger charge is -2.20. The lowest BCUT2D eigenvalue weighted by atomic mass is 10.1. The molecule has 29 heavy (non-hydrogen) atoms. The smallest absolute Gasteiger partial charge is 0.419 e. The van der Waals surface area contributed by atoms with Crippen molar-refractivity contribution in [3.8, 4) is 5.75 Å². The Kier molecular flexibility index (Phi) is 4.74. The van der Waals surface area contributed by atoms with E-state index in [-0.39, 0.29) is 0 Å². The van der Waals surface area contributed by atoms with E-state index in [0.717, 1.165) is 33.1 Å². The van der Waals surface area contributed by atoms with Crippen LogP contribution in [0.5, 0.6) is 5.75 Å². The summed E-state index contributed by atoms with van der Waals surface area (Å²) in [6.45, 7) is 7.93. The molecule has 0 radical (unpaired) electrons. The number of pyridine rings is 1. The van der Waals surface area contributed by atoms with Gasteiger partial charge >= 0.3 is 6.09 Å². The predicted molar refractivity (Wildman–Crippen MR) is 114 cm³/mol. The summed E-state index contributed by atoms with van der Waals surface area (Å²) in [5.41, 5.74) is 2.77. The van der Waals surface area contributed by atoms with Gasteiger partial charge in [-0.15, -0.1) is 0 Å². The molecule has 0 atom stereocenters. The summed E-state index contributed by atoms with van der Waals surface area (Å²) in [6.07, 6.45) is 1.34. The quantitative estimate of drug-likeness (QED) is 0.441. The van der Waals surface area contributed by atoms with Crippen LogP contribution in [0.4, 0.5) is 4.79 Å². The molecule has 0 N–H and O–H groups in total. The third-order valence-electron chi connectivity index (χ3n) is 4.66. The van der Waals surface area contributed by atoms with Crippen molar-refractivity contribution in [3.05, 3.63) is 72.1 Å². The van der Waals surface area contributed by atoms with E-state index in [0.29, 0.717) is 12.4 Å². The number of carbonyl (C=O) groups excluding carboxylic acids is 1. The van der Waals surface area contributed by atoms with Crippen molar-refractivity contribution >= 4 is 27.9 Å². The molecule has 0 unspecified atom stereocenters. The molecule has 0 fully saturated rings. The Hall–Kier alpha value is -3.34. The van der Waals surface area contributed by atoms with Gasteiger partial charge in [0, 0.05) is 23.0 Å². The molecule has 0 bridgehead atoms. The predicted octanol–water partition coefficient (Wildman–Crippen LogP) is 5.86. The maximum Gasteiger partial charge on any atom is 0.419 e. The number of hydrogen-bond acceptors (Lipinski definition) is 4. The molecule has 4 aromatic rings. The normalized spacial score (nSPS) is 11.7. The van der Waals surface area contributed by atoms with Gasteiger partial charge in [-0.1, -0.05) is 30.3 Å². The molecule has 0 aliphatic rings. The van der Waals surface area contributed by atoms with Crippen LogP contribution in [0.2, 0.25) is 0 Å². The Morgan fingerprint density at radius 1 is 1.03 bits per heavy atom. The number of nitrogens with zero attached hydrogens (tertiary/aromatic N) is 2. The van der Waals surface area contributed by atoms with Crippen LogP contribution in [-0.4, -0.2) is 21.2 Å². The van der Waals surface area contributed by atoms with Crippen molar-refractivity contribution in [2.24, 2.45) is 0 Å². The van der Waals surface area contributed by atoms with Gasteiger partial charge in [-0.05, 0) is 51.5 Å². The van der Waals surface area contributed by atoms with Crippen molar-refractivity contribution in [1.82, 2.24) is 9.55 Å². The number of aromatic nitrogens is 2. The highest BCUT2D eigenvalue weighted by Gasteiger charge is 2.23. The van der Waals surface area contributed by atoms with Gasteiger partial charge in [0.25, 0.3) is 0 Å². The van der Waals surface area contributed by atoms with E-state index in [1.807, 2.05) is 82.3 Å². The number of hydrogen-bond donors (Lipinski definition) is 0. The highest BCUT2D eigenvalue weighted by atomic mass is 16.6. The Balaban J connectivity index is 1.82. The molecule has 5 nitrogen and oxygen atoms in total. The van der Waals surface area contributed by atoms with Crippen LogP contribution < -0.4 is 4.74 Å². The second kappa shape index (κ2) is 7.24. The summed E-state index contributed by atoms with van der Waals surface area (Å²) < 4.78 is 13.3. The van der Waals surface area contributed by atoms with Gasteiger partial charge in [0.1, 0.15) is 18.0 Å². The monoisotopic (exact) mass is 388 g/mol. The highest BCUT2D eigenvalue weighted by molar-refractivity contribution is 6.13. The molecule has 2 aromatic carbocycles. The zero-order valence-electron chi connectivity index (χ0n) is 17.1. The molecule has 0 aliphatic heterocycles. The van der Waals surface area contributed by atoms with Crippen LogP contribution in [0, 0.1) is 6.92 Å². The first kappa shape index (κ1) is 19.0. The van der Waals surface area contributed by atoms with E-state index < -0.39 is 11.7 Å². The summed E-state index contributed by atoms with van der Waals surface area (Å²) in [4.78, 5) is 17.4. The van der Waals surface area contributed by atoms with Crippen molar-refractivity contribution in [2.75, 3.05) is 0 Å². The van der Waals surface area contributed by atoms with Crippen molar-refractivity contribution < 1.29 is 14.3 Å². The molecular weight excluding hydrogens is 364 g/mol. The minimum absolute atomic E-state index is 0.422. The third kappa shape index (κ3) is 3.81. The lowest BCUT2D eigenvalue weighted by molar-refractivity contribution is 0.0551. The van der Waals surface area contributed by atoms with Crippen LogP contribution in [0.3, 0.4) is 0 Å². The standard InChI is InChI=1S/C24H24N2O3/c1-16-22-20(12-13-25-16)19-11-10-18(28-15-17-8-6-5-7-9-17)14-21(19)26(22)23(27)29-24(2,3)4/h5-14H,15H2,1-4H3. The van der Waals surface area contributed by atoms with Crippen molar-refractivity contribution in [2.45, 2.75) is 39.9 Å². The first-order chi connectivity index (χ1) is 13.8. The van der Waals surface area contributed by atoms with E-state index in [1.54, 1.807) is 10.8 Å². The Bertz CT molecular complexity index is 1190. The van der Waals surface area contributed by atoms with E-state index >= 15 is 0 Å². The molecular formula is C24H24N2O3. The van der Waals surface area contributed by atoms with E-state index in [4.69, 9.17) is 9.47 Å². The average Bonchev–Trinajstić information content (AvgIpc) is 3.01. The van der Waals surface area contributed by atoms with Gasteiger partial charge in [-0.25, -0.2) is 9.36 Å². The molecule has 5 heteroatoms. The molecule has 0 saturated heterocycles. The van der Waals surface area contributed by atoms with E-state index in [9.17, 15) is 4.79 Å². The van der Waals surface area contributed by atoms with Gasteiger partial charge in [-0.2, -0.15) is 0 Å². The number of fused-ring (bicyclic) bond motifs is 3. The summed E-state index contributed by atoms with van der Waals surface area (Å²) in [5, 5.41) is 1.93. The minimum atomic E-state index is -0.600. The molecule has 2 heterocycles. The third-order valence-corrected chi connectivity index (χ3v) is 4.66. The first-order valence-corrected chi connectivity index (χ1v) is 9.63. The molecule has 0 amide bonds. The maximum absolute atomic E-state index is 13.1. The van der Waals surface area contributed by atoms with Crippen LogP contribution in [0.15, 0.2) is 60.8 Å². The number of ether oxygens (including phenoxy) is 2. The largest absolute Gasteiger partial charge is 0.489 e. The molecule has 0 aliphatic carbocycles. The van der Waals surface area contributed by atoms with Crippen molar-refractivity contribution in [1.29, 1.82) is 0 Å². The highest BCUT2D eigenvalue weighted by Crippen LogP contribution is 2.33. The summed E-state index contributed by atoms with van der Waals surface area (Å²) >= 11 is 0. The lowest BCUT2D eigenvalue weighted by Crippen LogP contribution is -2.27. The van der Waals surface area contributed by atoms with Gasteiger partial charge in [0.05, 0.1) is 16.7 Å². The number of benzene rings is 2. The fraction of sp³-hybridized carbons (Fsp3) is 0.250. The summed E-state index contributed by atoms with van der Waals surface area (Å²) in [5.74, 6) is 0.694. The number of carbonyl (C=O) groups is 1. The Morgan fingerprint density at radius 3 is 2.52 bits per heavy atom. The molecule has 0 spiro atoms. The number of rotatable bonds is 3. The zero-order chi connectivity index (χ0) is 20.6. The fourth-order valence-electron chi connectivity index (χ4n) is 3.43. The molecule has 2 aromatic heterocycles. The zero-order valence-corrected chi connectivity index (χ0v) is 17.1. The number of aryl methyl sites for hydroxylation is 1. The molecule has 148 valence electrons. The molecule has 0 saturated carbocycles.